The lowest BCUT2D eigenvalue weighted by Crippen LogP contribution is -2.41. The molecule has 6 nitrogen and oxygen atoms in total. The van der Waals surface area contributed by atoms with Gasteiger partial charge in [-0.1, -0.05) is 12.1 Å². The number of hydrogen-bond donors (Lipinski definition) is 0. The number of aromatic nitrogens is 4. The topological polar surface area (TPSA) is 56.1 Å². The molecule has 1 aromatic heterocycles. The maximum Gasteiger partial charge on any atom is 0.165 e. The first-order valence-electron chi connectivity index (χ1n) is 8.82. The van der Waals surface area contributed by atoms with Crippen molar-refractivity contribution >= 4 is 0 Å². The number of methoxy groups -OCH3 is 1. The number of benzene rings is 1. The van der Waals surface area contributed by atoms with Gasteiger partial charge in [0.25, 0.3) is 0 Å². The molecule has 128 valence electrons. The van der Waals surface area contributed by atoms with Crippen LogP contribution in [0.5, 0.6) is 5.75 Å². The Morgan fingerprint density at radius 2 is 2.12 bits per heavy atom. The van der Waals surface area contributed by atoms with E-state index in [1.807, 2.05) is 10.7 Å². The van der Waals surface area contributed by atoms with Crippen molar-refractivity contribution in [2.75, 3.05) is 14.2 Å². The molecule has 0 spiro atoms. The molecule has 2 saturated carbocycles. The van der Waals surface area contributed by atoms with E-state index in [0.717, 1.165) is 30.6 Å². The Bertz CT molecular complexity index is 690. The summed E-state index contributed by atoms with van der Waals surface area (Å²) in [5.74, 6) is 3.37. The third kappa shape index (κ3) is 3.29. The third-order valence-corrected chi connectivity index (χ3v) is 5.43. The lowest BCUT2D eigenvalue weighted by atomic mass is 9.75. The van der Waals surface area contributed by atoms with Gasteiger partial charge in [0.2, 0.25) is 0 Å². The normalized spacial score (nSPS) is 23.3. The van der Waals surface area contributed by atoms with Crippen molar-refractivity contribution in [1.82, 2.24) is 25.1 Å². The van der Waals surface area contributed by atoms with E-state index in [9.17, 15) is 0 Å². The van der Waals surface area contributed by atoms with Crippen molar-refractivity contribution in [3.05, 3.63) is 35.7 Å². The van der Waals surface area contributed by atoms with Crippen LogP contribution in [0.3, 0.4) is 0 Å². The number of rotatable bonds is 7. The highest BCUT2D eigenvalue weighted by atomic mass is 16.5. The molecule has 0 N–H and O–H groups in total. The van der Waals surface area contributed by atoms with Gasteiger partial charge in [0, 0.05) is 12.6 Å². The fourth-order valence-corrected chi connectivity index (χ4v) is 3.49. The molecular weight excluding hydrogens is 302 g/mol. The van der Waals surface area contributed by atoms with Crippen molar-refractivity contribution in [2.24, 2.45) is 5.92 Å². The van der Waals surface area contributed by atoms with E-state index < -0.39 is 0 Å². The molecule has 4 rings (SSSR count). The Balaban J connectivity index is 1.32. The predicted octanol–water partition coefficient (Wildman–Crippen LogP) is 2.47. The first-order valence-corrected chi connectivity index (χ1v) is 8.82. The average Bonchev–Trinajstić information content (AvgIpc) is 3.26. The molecular formula is C18H25N5O. The Labute approximate surface area is 142 Å². The van der Waals surface area contributed by atoms with Gasteiger partial charge in [-0.15, -0.1) is 5.10 Å². The summed E-state index contributed by atoms with van der Waals surface area (Å²) in [5.41, 5.74) is 1.39. The highest BCUT2D eigenvalue weighted by Gasteiger charge is 2.34. The predicted molar refractivity (Wildman–Crippen MR) is 90.8 cm³/mol. The van der Waals surface area contributed by atoms with E-state index in [4.69, 9.17) is 4.74 Å². The van der Waals surface area contributed by atoms with E-state index in [0.29, 0.717) is 12.0 Å². The molecule has 2 aromatic rings. The fraction of sp³-hybridized carbons (Fsp3) is 0.611. The van der Waals surface area contributed by atoms with Crippen LogP contribution in [0, 0.1) is 5.92 Å². The second kappa shape index (κ2) is 6.51. The van der Waals surface area contributed by atoms with Crippen molar-refractivity contribution in [1.29, 1.82) is 0 Å². The third-order valence-electron chi connectivity index (χ3n) is 5.43. The van der Waals surface area contributed by atoms with Gasteiger partial charge in [-0.3, -0.25) is 4.90 Å². The highest BCUT2D eigenvalue weighted by Crippen LogP contribution is 2.40. The fourth-order valence-electron chi connectivity index (χ4n) is 3.49. The zero-order valence-electron chi connectivity index (χ0n) is 14.4. The molecule has 0 atom stereocenters. The van der Waals surface area contributed by atoms with Gasteiger partial charge in [-0.2, -0.15) is 0 Å². The van der Waals surface area contributed by atoms with Crippen molar-refractivity contribution < 1.29 is 4.74 Å². The minimum absolute atomic E-state index is 0.604. The largest absolute Gasteiger partial charge is 0.497 e. The number of nitrogens with zero attached hydrogens (tertiary/aromatic N) is 5. The van der Waals surface area contributed by atoms with Gasteiger partial charge in [0.1, 0.15) is 5.75 Å². The van der Waals surface area contributed by atoms with E-state index in [-0.39, 0.29) is 0 Å². The van der Waals surface area contributed by atoms with E-state index >= 15 is 0 Å². The molecule has 2 fully saturated rings. The quantitative estimate of drug-likeness (QED) is 0.782. The Morgan fingerprint density at radius 1 is 1.29 bits per heavy atom. The summed E-state index contributed by atoms with van der Waals surface area (Å²) >= 11 is 0. The van der Waals surface area contributed by atoms with Crippen LogP contribution in [0.1, 0.15) is 43.0 Å². The smallest absolute Gasteiger partial charge is 0.165 e. The highest BCUT2D eigenvalue weighted by molar-refractivity contribution is 5.32. The van der Waals surface area contributed by atoms with Gasteiger partial charge in [0.15, 0.2) is 5.82 Å². The summed E-state index contributed by atoms with van der Waals surface area (Å²) in [6.07, 6.45) is 5.02. The van der Waals surface area contributed by atoms with Gasteiger partial charge in [-0.05, 0) is 72.7 Å². The molecule has 2 aliphatic carbocycles. The zero-order valence-corrected chi connectivity index (χ0v) is 14.4. The molecule has 1 aromatic carbocycles. The van der Waals surface area contributed by atoms with Crippen LogP contribution in [0.25, 0.3) is 0 Å². The van der Waals surface area contributed by atoms with Crippen LogP contribution in [0.15, 0.2) is 24.3 Å². The first kappa shape index (κ1) is 15.6. The molecule has 0 saturated heterocycles. The Morgan fingerprint density at radius 3 is 2.88 bits per heavy atom. The molecule has 0 amide bonds. The number of ether oxygens (including phenoxy) is 1. The minimum atomic E-state index is 0.604. The summed E-state index contributed by atoms with van der Waals surface area (Å²) in [5, 5.41) is 12.2. The summed E-state index contributed by atoms with van der Waals surface area (Å²) in [4.78, 5) is 2.39. The molecule has 0 radical (unpaired) electrons. The lowest BCUT2D eigenvalue weighted by Gasteiger charge is -2.41. The molecule has 24 heavy (non-hydrogen) atoms. The second-order valence-corrected chi connectivity index (χ2v) is 7.23. The van der Waals surface area contributed by atoms with Gasteiger partial charge in [-0.25, -0.2) is 4.68 Å². The van der Waals surface area contributed by atoms with Crippen LogP contribution in [-0.2, 0) is 13.1 Å². The van der Waals surface area contributed by atoms with Crippen LogP contribution >= 0.6 is 0 Å². The maximum absolute atomic E-state index is 5.33. The summed E-state index contributed by atoms with van der Waals surface area (Å²) < 4.78 is 7.33. The van der Waals surface area contributed by atoms with Crippen LogP contribution in [-0.4, -0.2) is 45.3 Å². The average molecular weight is 327 g/mol. The number of tetrazole rings is 1. The van der Waals surface area contributed by atoms with E-state index in [2.05, 4.69) is 45.7 Å². The Hall–Kier alpha value is -1.95. The summed E-state index contributed by atoms with van der Waals surface area (Å²) in [6, 6.07) is 9.06. The molecule has 0 aliphatic heterocycles. The molecule has 2 aliphatic rings. The van der Waals surface area contributed by atoms with Gasteiger partial charge < -0.3 is 4.74 Å². The monoisotopic (exact) mass is 327 g/mol. The van der Waals surface area contributed by atoms with Crippen molar-refractivity contribution in [3.8, 4) is 5.75 Å². The second-order valence-electron chi connectivity index (χ2n) is 7.23. The number of hydrogen-bond acceptors (Lipinski definition) is 5. The lowest BCUT2D eigenvalue weighted by molar-refractivity contribution is 0.125. The van der Waals surface area contributed by atoms with Crippen molar-refractivity contribution in [3.63, 3.8) is 0 Å². The Kier molecular flexibility index (Phi) is 4.22. The van der Waals surface area contributed by atoms with Gasteiger partial charge in [0.05, 0.1) is 13.7 Å². The van der Waals surface area contributed by atoms with Crippen molar-refractivity contribution in [2.45, 2.75) is 50.7 Å². The van der Waals surface area contributed by atoms with Crippen LogP contribution < -0.4 is 4.74 Å². The summed E-state index contributed by atoms with van der Waals surface area (Å²) in [6.45, 7) is 1.81. The standard InChI is InChI=1S/C18H25N5O/c1-22(12-18-19-20-21-23(18)11-13-6-7-13)16-8-15(9-16)14-4-3-5-17(10-14)24-2/h3-5,10,13,15-16H,6-9,11-12H2,1-2H3. The maximum atomic E-state index is 5.33. The molecule has 0 bridgehead atoms. The zero-order chi connectivity index (χ0) is 16.5. The van der Waals surface area contributed by atoms with Gasteiger partial charge >= 0.3 is 0 Å². The van der Waals surface area contributed by atoms with E-state index in [1.54, 1.807) is 7.11 Å². The van der Waals surface area contributed by atoms with Crippen LogP contribution in [0.4, 0.5) is 0 Å². The molecule has 6 heteroatoms. The SMILES string of the molecule is COc1cccc(C2CC(N(C)Cc3nnnn3CC3CC3)C2)c1. The van der Waals surface area contributed by atoms with Crippen LogP contribution in [0.2, 0.25) is 0 Å². The molecule has 0 unspecified atom stereocenters. The first-order chi connectivity index (χ1) is 11.7. The summed E-state index contributed by atoms with van der Waals surface area (Å²) in [7, 11) is 3.91. The molecule has 1 heterocycles. The minimum Gasteiger partial charge on any atom is -0.497 e. The van der Waals surface area contributed by atoms with E-state index in [1.165, 1.54) is 31.2 Å².